The lowest BCUT2D eigenvalue weighted by Crippen LogP contribution is -2.30. The zero-order valence-electron chi connectivity index (χ0n) is 45.5. The predicted molar refractivity (Wildman–Crippen MR) is 289 cm³/mol. The minimum atomic E-state index is -0.765. The van der Waals surface area contributed by atoms with Crippen molar-refractivity contribution in [2.24, 2.45) is 0 Å². The van der Waals surface area contributed by atoms with Gasteiger partial charge >= 0.3 is 17.9 Å². The number of esters is 3. The maximum atomic E-state index is 12.9. The first-order chi connectivity index (χ1) is 33.0. The fraction of sp³-hybridized carbons (Fsp3) is 0.918. The highest BCUT2D eigenvalue weighted by Gasteiger charge is 2.19. The molecule has 0 bridgehead atoms. The molecule has 0 aliphatic carbocycles. The lowest BCUT2D eigenvalue weighted by molar-refractivity contribution is -0.167. The summed E-state index contributed by atoms with van der Waals surface area (Å²) in [4.78, 5) is 38.1. The molecule has 0 spiro atoms. The van der Waals surface area contributed by atoms with E-state index in [1.165, 1.54) is 244 Å². The van der Waals surface area contributed by atoms with E-state index in [1.54, 1.807) is 0 Å². The van der Waals surface area contributed by atoms with Crippen LogP contribution in [0.5, 0.6) is 0 Å². The molecule has 0 aromatic rings. The van der Waals surface area contributed by atoms with Gasteiger partial charge < -0.3 is 14.2 Å². The lowest BCUT2D eigenvalue weighted by atomic mass is 10.0. The van der Waals surface area contributed by atoms with Crippen LogP contribution in [0.25, 0.3) is 0 Å². The van der Waals surface area contributed by atoms with Gasteiger partial charge in [-0.1, -0.05) is 290 Å². The number of allylic oxidation sites excluding steroid dienone is 2. The summed E-state index contributed by atoms with van der Waals surface area (Å²) in [7, 11) is 0. The van der Waals surface area contributed by atoms with Crippen LogP contribution in [0, 0.1) is 0 Å². The van der Waals surface area contributed by atoms with Crippen LogP contribution in [-0.2, 0) is 28.6 Å². The smallest absolute Gasteiger partial charge is 0.306 e. The zero-order chi connectivity index (χ0) is 48.6. The van der Waals surface area contributed by atoms with Crippen LogP contribution in [0.4, 0.5) is 0 Å². The second-order valence-electron chi connectivity index (χ2n) is 20.6. The van der Waals surface area contributed by atoms with Crippen LogP contribution >= 0.6 is 0 Å². The number of carbonyl (C=O) groups excluding carboxylic acids is 3. The molecule has 0 amide bonds. The molecule has 396 valence electrons. The molecule has 0 aliphatic rings. The highest BCUT2D eigenvalue weighted by molar-refractivity contribution is 5.71. The Morgan fingerprint density at radius 2 is 0.493 bits per heavy atom. The van der Waals surface area contributed by atoms with Gasteiger partial charge in [0.2, 0.25) is 0 Å². The summed E-state index contributed by atoms with van der Waals surface area (Å²) >= 11 is 0. The molecule has 0 heterocycles. The molecule has 6 nitrogen and oxygen atoms in total. The topological polar surface area (TPSA) is 78.9 Å². The lowest BCUT2D eigenvalue weighted by Gasteiger charge is -2.18. The van der Waals surface area contributed by atoms with Crippen molar-refractivity contribution < 1.29 is 28.6 Å². The van der Waals surface area contributed by atoms with Gasteiger partial charge in [0.25, 0.3) is 0 Å². The Kier molecular flexibility index (Phi) is 55.2. The fourth-order valence-corrected chi connectivity index (χ4v) is 9.21. The summed E-state index contributed by atoms with van der Waals surface area (Å²) in [5.41, 5.74) is 0. The Morgan fingerprint density at radius 3 is 0.746 bits per heavy atom. The highest BCUT2D eigenvalue weighted by atomic mass is 16.6. The maximum absolute atomic E-state index is 12.9. The third-order valence-electron chi connectivity index (χ3n) is 13.8. The normalized spacial score (nSPS) is 12.0. The van der Waals surface area contributed by atoms with Gasteiger partial charge in [0.05, 0.1) is 0 Å². The minimum Gasteiger partial charge on any atom is -0.462 e. The quantitative estimate of drug-likeness (QED) is 0.0262. The van der Waals surface area contributed by atoms with Crippen LogP contribution in [0.1, 0.15) is 342 Å². The van der Waals surface area contributed by atoms with Crippen LogP contribution in [0.3, 0.4) is 0 Å². The van der Waals surface area contributed by atoms with Crippen molar-refractivity contribution in [2.75, 3.05) is 13.2 Å². The van der Waals surface area contributed by atoms with Crippen molar-refractivity contribution >= 4 is 17.9 Å². The molecule has 0 aliphatic heterocycles. The number of hydrogen-bond acceptors (Lipinski definition) is 6. The number of carbonyl (C=O) groups is 3. The molecule has 0 radical (unpaired) electrons. The van der Waals surface area contributed by atoms with E-state index < -0.39 is 6.10 Å². The summed E-state index contributed by atoms with van der Waals surface area (Å²) in [6.45, 7) is 6.69. The average Bonchev–Trinajstić information content (AvgIpc) is 3.33. The Hall–Kier alpha value is -1.85. The molecule has 6 heteroatoms. The molecule has 67 heavy (non-hydrogen) atoms. The predicted octanol–water partition coefficient (Wildman–Crippen LogP) is 20.1. The van der Waals surface area contributed by atoms with Crippen molar-refractivity contribution in [3.05, 3.63) is 12.2 Å². The number of hydrogen-bond donors (Lipinski definition) is 0. The third kappa shape index (κ3) is 55.0. The Morgan fingerprint density at radius 1 is 0.284 bits per heavy atom. The Balaban J connectivity index is 4.25. The largest absolute Gasteiger partial charge is 0.462 e. The van der Waals surface area contributed by atoms with Crippen molar-refractivity contribution in [3.8, 4) is 0 Å². The molecule has 1 atom stereocenters. The molecular formula is C61H116O6. The van der Waals surface area contributed by atoms with Crippen LogP contribution in [0.15, 0.2) is 12.2 Å². The minimum absolute atomic E-state index is 0.0645. The van der Waals surface area contributed by atoms with Gasteiger partial charge in [-0.15, -0.1) is 0 Å². The molecule has 0 saturated carbocycles. The summed E-state index contributed by atoms with van der Waals surface area (Å²) in [5, 5.41) is 0. The van der Waals surface area contributed by atoms with E-state index in [4.69, 9.17) is 14.2 Å². The maximum Gasteiger partial charge on any atom is 0.306 e. The number of ether oxygens (including phenoxy) is 3. The van der Waals surface area contributed by atoms with E-state index in [0.717, 1.165) is 57.8 Å². The fourth-order valence-electron chi connectivity index (χ4n) is 9.21. The van der Waals surface area contributed by atoms with Gasteiger partial charge in [0.15, 0.2) is 6.10 Å². The summed E-state index contributed by atoms with van der Waals surface area (Å²) in [6, 6.07) is 0. The Labute approximate surface area is 418 Å². The van der Waals surface area contributed by atoms with Crippen molar-refractivity contribution in [1.29, 1.82) is 0 Å². The first-order valence-electron chi connectivity index (χ1n) is 30.2. The van der Waals surface area contributed by atoms with Gasteiger partial charge in [-0.05, 0) is 44.9 Å². The van der Waals surface area contributed by atoms with E-state index in [0.29, 0.717) is 19.3 Å². The molecule has 0 unspecified atom stereocenters. The highest BCUT2D eigenvalue weighted by Crippen LogP contribution is 2.17. The number of rotatable bonds is 56. The van der Waals surface area contributed by atoms with E-state index in [2.05, 4.69) is 32.9 Å². The molecule has 0 aromatic carbocycles. The monoisotopic (exact) mass is 945 g/mol. The van der Waals surface area contributed by atoms with Crippen molar-refractivity contribution in [2.45, 2.75) is 348 Å². The van der Waals surface area contributed by atoms with E-state index >= 15 is 0 Å². The van der Waals surface area contributed by atoms with E-state index in [9.17, 15) is 14.4 Å². The van der Waals surface area contributed by atoms with Gasteiger partial charge in [-0.2, -0.15) is 0 Å². The van der Waals surface area contributed by atoms with Crippen LogP contribution < -0.4 is 0 Å². The molecule has 0 rings (SSSR count). The van der Waals surface area contributed by atoms with Crippen molar-refractivity contribution in [3.63, 3.8) is 0 Å². The summed E-state index contributed by atoms with van der Waals surface area (Å²) < 4.78 is 16.9. The molecule has 0 N–H and O–H groups in total. The van der Waals surface area contributed by atoms with Gasteiger partial charge in [0, 0.05) is 19.3 Å². The zero-order valence-corrected chi connectivity index (χ0v) is 45.5. The first kappa shape index (κ1) is 65.1. The average molecular weight is 946 g/mol. The Bertz CT molecular complexity index is 1040. The molecule has 0 aromatic heterocycles. The third-order valence-corrected chi connectivity index (χ3v) is 13.8. The first-order valence-corrected chi connectivity index (χ1v) is 30.2. The second-order valence-corrected chi connectivity index (χ2v) is 20.6. The van der Waals surface area contributed by atoms with Gasteiger partial charge in [-0.3, -0.25) is 14.4 Å². The van der Waals surface area contributed by atoms with E-state index in [-0.39, 0.29) is 31.1 Å². The second kappa shape index (κ2) is 56.7. The standard InChI is InChI=1S/C61H116O6/c1-4-7-10-13-16-19-22-24-26-28-30-32-34-36-39-42-45-48-51-54-60(63)66-57-58(56-65-59(62)53-50-47-44-41-38-21-18-15-12-9-6-3)67-61(64)55-52-49-46-43-40-37-35-33-31-29-27-25-23-20-17-14-11-8-5-2/h24,26,58H,4-23,25,27-57H2,1-3H3/b26-24-/t58-/m0/s1. The molecule has 0 saturated heterocycles. The summed E-state index contributed by atoms with van der Waals surface area (Å²) in [6.07, 6.45) is 64.9. The molecule has 0 fully saturated rings. The van der Waals surface area contributed by atoms with Gasteiger partial charge in [-0.25, -0.2) is 0 Å². The van der Waals surface area contributed by atoms with Crippen LogP contribution in [-0.4, -0.2) is 37.2 Å². The summed E-state index contributed by atoms with van der Waals surface area (Å²) in [5.74, 6) is -0.841. The molecular weight excluding hydrogens is 829 g/mol. The van der Waals surface area contributed by atoms with Gasteiger partial charge in [0.1, 0.15) is 13.2 Å². The van der Waals surface area contributed by atoms with E-state index in [1.807, 2.05) is 0 Å². The number of unbranched alkanes of at least 4 members (excludes halogenated alkanes) is 43. The van der Waals surface area contributed by atoms with Crippen molar-refractivity contribution in [1.82, 2.24) is 0 Å². The van der Waals surface area contributed by atoms with Crippen LogP contribution in [0.2, 0.25) is 0 Å². The SMILES string of the molecule is CCCCCCCC/C=C\CCCCCCCCCCCC(=O)OC[C@H](COC(=O)CCCCCCCCCCCCC)OC(=O)CCCCCCCCCCCCCCCCCCCCC.